The van der Waals surface area contributed by atoms with Gasteiger partial charge in [-0.3, -0.25) is 19.2 Å². The van der Waals surface area contributed by atoms with Gasteiger partial charge in [0.15, 0.2) is 0 Å². The van der Waals surface area contributed by atoms with Crippen LogP contribution in [0.2, 0.25) is 0 Å². The van der Waals surface area contributed by atoms with Crippen LogP contribution in [0, 0.1) is 11.8 Å². The van der Waals surface area contributed by atoms with Gasteiger partial charge in [0.1, 0.15) is 23.7 Å². The lowest BCUT2D eigenvalue weighted by molar-refractivity contribution is -0.136. The summed E-state index contributed by atoms with van der Waals surface area (Å²) in [5.74, 6) is 7.60. The van der Waals surface area contributed by atoms with Crippen LogP contribution in [-0.2, 0) is 19.2 Å². The van der Waals surface area contributed by atoms with Gasteiger partial charge in [-0.05, 0) is 73.2 Å². The molecule has 2 aromatic heterocycles. The maximum absolute atomic E-state index is 13.7. The number of nitrogens with one attached hydrogen (secondary N) is 4. The number of carbonyl (C=O) groups is 4. The number of hydrogen-bond donors (Lipinski definition) is 4. The van der Waals surface area contributed by atoms with Gasteiger partial charge < -0.3 is 30.4 Å². The van der Waals surface area contributed by atoms with Gasteiger partial charge in [0.2, 0.25) is 24.6 Å². The lowest BCUT2D eigenvalue weighted by Crippen LogP contribution is -2.40. The van der Waals surface area contributed by atoms with E-state index in [1.54, 1.807) is 9.80 Å². The van der Waals surface area contributed by atoms with Crippen LogP contribution in [0.15, 0.2) is 97.1 Å². The zero-order chi connectivity index (χ0) is 37.0. The van der Waals surface area contributed by atoms with Crippen LogP contribution in [-0.4, -0.2) is 67.5 Å². The lowest BCUT2D eigenvalue weighted by atomic mass is 10.1. The van der Waals surface area contributed by atoms with E-state index in [2.05, 4.69) is 32.4 Å². The third-order valence-electron chi connectivity index (χ3n) is 10.3. The summed E-state index contributed by atoms with van der Waals surface area (Å²) in [5, 5.41) is 5.40. The topological polar surface area (TPSA) is 156 Å². The molecule has 54 heavy (non-hydrogen) atoms. The maximum Gasteiger partial charge on any atom is 0.250 e. The van der Waals surface area contributed by atoms with E-state index in [1.165, 1.54) is 0 Å². The molecule has 4 atom stereocenters. The second-order valence-electron chi connectivity index (χ2n) is 13.6. The van der Waals surface area contributed by atoms with Crippen LogP contribution < -0.4 is 10.6 Å². The molecule has 0 spiro atoms. The minimum Gasteiger partial charge on any atom is -0.343 e. The van der Waals surface area contributed by atoms with Crippen molar-refractivity contribution in [3.8, 4) is 11.8 Å². The molecule has 0 saturated carbocycles. The van der Waals surface area contributed by atoms with Crippen molar-refractivity contribution in [1.29, 1.82) is 0 Å². The Morgan fingerprint density at radius 2 is 1.07 bits per heavy atom. The number of amides is 4. The van der Waals surface area contributed by atoms with E-state index >= 15 is 0 Å². The zero-order valence-electron chi connectivity index (χ0n) is 29.4. The molecule has 4 heterocycles. The highest BCUT2D eigenvalue weighted by Crippen LogP contribution is 2.35. The number of fused-ring (bicyclic) bond motifs is 2. The minimum atomic E-state index is -0.770. The standard InChI is InChI=1S/C42H38N8O4/c51-25-43-37(29-9-3-1-4-10-29)41(53)49-21-7-13-35(49)39-45-31-19-17-27(23-33(31)47-39)15-16-28-18-20-32-34(24-28)48-40(46-32)36-14-8-22-50(36)42(54)38(44-26-52)30-11-5-2-6-12-30/h1-6,9-12,17-20,23-26,35-38H,7-8,13-14,21-22H2,(H,43,51)(H,44,52)(H,45,47)(H,46,48). The molecule has 0 bridgehead atoms. The summed E-state index contributed by atoms with van der Waals surface area (Å²) < 4.78 is 0. The van der Waals surface area contributed by atoms with Crippen LogP contribution in [0.3, 0.4) is 0 Å². The number of benzene rings is 4. The van der Waals surface area contributed by atoms with Gasteiger partial charge >= 0.3 is 0 Å². The van der Waals surface area contributed by atoms with E-state index in [4.69, 9.17) is 9.97 Å². The number of hydrogen-bond acceptors (Lipinski definition) is 6. The van der Waals surface area contributed by atoms with Crippen LogP contribution in [0.5, 0.6) is 0 Å². The van der Waals surface area contributed by atoms with E-state index in [-0.39, 0.29) is 23.9 Å². The number of aromatic amines is 2. The van der Waals surface area contributed by atoms with Gasteiger partial charge in [0.25, 0.3) is 0 Å². The monoisotopic (exact) mass is 718 g/mol. The molecule has 12 heteroatoms. The molecule has 4 N–H and O–H groups in total. The molecule has 0 radical (unpaired) electrons. The molecule has 2 aliphatic rings. The second-order valence-corrected chi connectivity index (χ2v) is 13.6. The van der Waals surface area contributed by atoms with Crippen molar-refractivity contribution in [2.45, 2.75) is 49.9 Å². The Balaban J connectivity index is 0.988. The molecule has 4 aromatic carbocycles. The van der Waals surface area contributed by atoms with Crippen molar-refractivity contribution in [1.82, 2.24) is 40.4 Å². The van der Waals surface area contributed by atoms with Gasteiger partial charge in [0, 0.05) is 24.2 Å². The van der Waals surface area contributed by atoms with Crippen molar-refractivity contribution < 1.29 is 19.2 Å². The third-order valence-corrected chi connectivity index (χ3v) is 10.3. The molecule has 8 rings (SSSR count). The summed E-state index contributed by atoms with van der Waals surface area (Å²) in [5.41, 5.74) is 6.25. The first-order valence-electron chi connectivity index (χ1n) is 18.1. The molecule has 6 aromatic rings. The van der Waals surface area contributed by atoms with Crippen LogP contribution in [0.1, 0.15) is 83.8 Å². The van der Waals surface area contributed by atoms with Crippen molar-refractivity contribution in [2.24, 2.45) is 0 Å². The Labute approximate surface area is 311 Å². The number of nitrogens with zero attached hydrogens (tertiary/aromatic N) is 4. The van der Waals surface area contributed by atoms with Gasteiger partial charge in [-0.25, -0.2) is 9.97 Å². The molecule has 12 nitrogen and oxygen atoms in total. The Morgan fingerprint density at radius 1 is 0.648 bits per heavy atom. The quantitative estimate of drug-likeness (QED) is 0.114. The van der Waals surface area contributed by atoms with Crippen molar-refractivity contribution in [2.75, 3.05) is 13.1 Å². The van der Waals surface area contributed by atoms with Crippen molar-refractivity contribution in [3.05, 3.63) is 131 Å². The summed E-state index contributed by atoms with van der Waals surface area (Å²) in [7, 11) is 0. The molecule has 4 amide bonds. The Kier molecular flexibility index (Phi) is 9.60. The number of carbonyl (C=O) groups excluding carboxylic acids is 4. The van der Waals surface area contributed by atoms with Crippen LogP contribution in [0.4, 0.5) is 0 Å². The highest BCUT2D eigenvalue weighted by Gasteiger charge is 2.37. The first-order valence-corrected chi connectivity index (χ1v) is 18.1. The van der Waals surface area contributed by atoms with E-state index in [0.717, 1.165) is 70.0 Å². The number of rotatable bonds is 10. The van der Waals surface area contributed by atoms with Crippen LogP contribution in [0.25, 0.3) is 22.1 Å². The summed E-state index contributed by atoms with van der Waals surface area (Å²) >= 11 is 0. The Morgan fingerprint density at radius 3 is 1.48 bits per heavy atom. The molecule has 2 fully saturated rings. The smallest absolute Gasteiger partial charge is 0.250 e. The number of H-pyrrole nitrogens is 2. The van der Waals surface area contributed by atoms with Gasteiger partial charge in [-0.2, -0.15) is 0 Å². The predicted octanol–water partition coefficient (Wildman–Crippen LogP) is 5.14. The van der Waals surface area contributed by atoms with E-state index < -0.39 is 12.1 Å². The van der Waals surface area contributed by atoms with Crippen molar-refractivity contribution >= 4 is 46.7 Å². The molecular formula is C42H38N8O4. The fourth-order valence-corrected chi connectivity index (χ4v) is 7.67. The molecular weight excluding hydrogens is 681 g/mol. The zero-order valence-corrected chi connectivity index (χ0v) is 29.4. The van der Waals surface area contributed by atoms with Gasteiger partial charge in [-0.15, -0.1) is 0 Å². The highest BCUT2D eigenvalue weighted by molar-refractivity contribution is 5.87. The van der Waals surface area contributed by atoms with Crippen molar-refractivity contribution in [3.63, 3.8) is 0 Å². The second kappa shape index (κ2) is 15.1. The average molecular weight is 719 g/mol. The highest BCUT2D eigenvalue weighted by atomic mass is 16.2. The molecule has 2 saturated heterocycles. The summed E-state index contributed by atoms with van der Waals surface area (Å²) in [6.45, 7) is 1.15. The summed E-state index contributed by atoms with van der Waals surface area (Å²) in [6, 6.07) is 28.1. The first-order chi connectivity index (χ1) is 26.5. The number of likely N-dealkylation sites (tertiary alicyclic amines) is 2. The predicted molar refractivity (Wildman–Crippen MR) is 202 cm³/mol. The molecule has 0 aliphatic carbocycles. The van der Waals surface area contributed by atoms with Gasteiger partial charge in [-0.1, -0.05) is 72.5 Å². The normalized spacial score (nSPS) is 17.9. The van der Waals surface area contributed by atoms with Crippen LogP contribution >= 0.6 is 0 Å². The Hall–Kier alpha value is -6.74. The minimum absolute atomic E-state index is 0.165. The fraction of sp³-hybridized carbons (Fsp3) is 0.238. The average Bonchev–Trinajstić information content (AvgIpc) is 4.04. The largest absolute Gasteiger partial charge is 0.343 e. The number of aromatic nitrogens is 4. The fourth-order valence-electron chi connectivity index (χ4n) is 7.67. The van der Waals surface area contributed by atoms with E-state index in [9.17, 15) is 19.2 Å². The molecule has 2 aliphatic heterocycles. The maximum atomic E-state index is 13.7. The summed E-state index contributed by atoms with van der Waals surface area (Å²) in [4.78, 5) is 70.5. The number of imidazole rings is 2. The first kappa shape index (κ1) is 34.4. The lowest BCUT2D eigenvalue weighted by Gasteiger charge is -2.27. The Bertz CT molecular complexity index is 2230. The molecule has 4 unspecified atom stereocenters. The van der Waals surface area contributed by atoms with E-state index in [1.807, 2.05) is 97.1 Å². The molecule has 270 valence electrons. The third kappa shape index (κ3) is 6.79. The summed E-state index contributed by atoms with van der Waals surface area (Å²) in [6.07, 6.45) is 4.33. The van der Waals surface area contributed by atoms with E-state index in [0.29, 0.717) is 37.6 Å². The SMILES string of the molecule is O=CNC(C(=O)N1CCCC1c1nc2cc(C#Cc3ccc4[nH]c(C5CCCN5C(=O)C(NC=O)c5ccccc5)nc4c3)ccc2[nH]1)c1ccccc1. The van der Waals surface area contributed by atoms with Gasteiger partial charge in [0.05, 0.1) is 34.2 Å².